The SMILES string of the molecule is C=CC(C)(O)C(=O)N(C(=O)O)c1cc(Cl)cc(Cl)c1. The van der Waals surface area contributed by atoms with Gasteiger partial charge in [0.1, 0.15) is 0 Å². The van der Waals surface area contributed by atoms with Crippen molar-refractivity contribution in [2.45, 2.75) is 12.5 Å². The van der Waals surface area contributed by atoms with Gasteiger partial charge in [0.2, 0.25) is 0 Å². The molecule has 0 aliphatic rings. The number of anilines is 1. The summed E-state index contributed by atoms with van der Waals surface area (Å²) in [5.74, 6) is -1.08. The molecule has 1 unspecified atom stereocenters. The average Bonchev–Trinajstić information content (AvgIpc) is 2.27. The summed E-state index contributed by atoms with van der Waals surface area (Å²) >= 11 is 11.5. The fourth-order valence-corrected chi connectivity index (χ4v) is 1.81. The molecule has 7 heteroatoms. The van der Waals surface area contributed by atoms with Crippen LogP contribution >= 0.6 is 23.2 Å². The zero-order chi connectivity index (χ0) is 14.8. The number of aliphatic hydroxyl groups is 1. The van der Waals surface area contributed by atoms with Crippen molar-refractivity contribution in [2.24, 2.45) is 0 Å². The maximum Gasteiger partial charge on any atom is 0.418 e. The quantitative estimate of drug-likeness (QED) is 0.842. The predicted molar refractivity (Wildman–Crippen MR) is 72.8 cm³/mol. The van der Waals surface area contributed by atoms with Crippen LogP contribution in [0.1, 0.15) is 6.92 Å². The number of rotatable bonds is 3. The van der Waals surface area contributed by atoms with Crippen LogP contribution in [0.5, 0.6) is 0 Å². The topological polar surface area (TPSA) is 77.8 Å². The molecule has 19 heavy (non-hydrogen) atoms. The van der Waals surface area contributed by atoms with Crippen molar-refractivity contribution in [3.05, 3.63) is 40.9 Å². The molecular weight excluding hydrogens is 293 g/mol. The van der Waals surface area contributed by atoms with E-state index in [4.69, 9.17) is 28.3 Å². The van der Waals surface area contributed by atoms with Crippen LogP contribution in [0.4, 0.5) is 10.5 Å². The first-order valence-corrected chi connectivity index (χ1v) is 5.84. The Balaban J connectivity index is 3.33. The molecule has 102 valence electrons. The largest absolute Gasteiger partial charge is 0.464 e. The molecule has 0 saturated carbocycles. The summed E-state index contributed by atoms with van der Waals surface area (Å²) in [6.45, 7) is 4.41. The van der Waals surface area contributed by atoms with Gasteiger partial charge in [-0.15, -0.1) is 0 Å². The van der Waals surface area contributed by atoms with Crippen LogP contribution in [0.2, 0.25) is 10.0 Å². The molecule has 0 spiro atoms. The van der Waals surface area contributed by atoms with Gasteiger partial charge in [0.25, 0.3) is 5.91 Å². The molecule has 0 fully saturated rings. The van der Waals surface area contributed by atoms with E-state index in [1.165, 1.54) is 18.2 Å². The lowest BCUT2D eigenvalue weighted by Crippen LogP contribution is -2.48. The van der Waals surface area contributed by atoms with Gasteiger partial charge in [0.05, 0.1) is 5.69 Å². The van der Waals surface area contributed by atoms with E-state index in [9.17, 15) is 14.7 Å². The van der Waals surface area contributed by atoms with Crippen molar-refractivity contribution in [3.63, 3.8) is 0 Å². The van der Waals surface area contributed by atoms with E-state index in [-0.39, 0.29) is 15.7 Å². The lowest BCUT2D eigenvalue weighted by atomic mass is 10.1. The third-order valence-electron chi connectivity index (χ3n) is 2.33. The van der Waals surface area contributed by atoms with Gasteiger partial charge in [0.15, 0.2) is 5.60 Å². The van der Waals surface area contributed by atoms with Crippen molar-refractivity contribution in [3.8, 4) is 0 Å². The molecule has 1 atom stereocenters. The van der Waals surface area contributed by atoms with Crippen molar-refractivity contribution >= 4 is 40.9 Å². The molecule has 0 aliphatic carbocycles. The molecule has 0 bridgehead atoms. The molecule has 0 aromatic heterocycles. The number of carbonyl (C=O) groups excluding carboxylic acids is 1. The van der Waals surface area contributed by atoms with E-state index < -0.39 is 17.6 Å². The van der Waals surface area contributed by atoms with Crippen LogP contribution in [-0.4, -0.2) is 27.8 Å². The summed E-state index contributed by atoms with van der Waals surface area (Å²) in [5, 5.41) is 19.2. The van der Waals surface area contributed by atoms with Gasteiger partial charge in [-0.3, -0.25) is 4.79 Å². The van der Waals surface area contributed by atoms with Gasteiger partial charge in [-0.05, 0) is 25.1 Å². The van der Waals surface area contributed by atoms with Gasteiger partial charge in [-0.2, -0.15) is 0 Å². The fraction of sp³-hybridized carbons (Fsp3) is 0.167. The first kappa shape index (κ1) is 15.5. The number of carbonyl (C=O) groups is 2. The number of hydrogen-bond acceptors (Lipinski definition) is 3. The molecule has 2 amide bonds. The number of carboxylic acid groups (broad SMARTS) is 1. The number of imide groups is 1. The number of amides is 2. The highest BCUT2D eigenvalue weighted by Gasteiger charge is 2.36. The Kier molecular flexibility index (Phi) is 4.57. The fourth-order valence-electron chi connectivity index (χ4n) is 1.30. The number of halogens is 2. The summed E-state index contributed by atoms with van der Waals surface area (Å²) in [4.78, 5) is 23.6. The molecular formula is C12H11Cl2NO4. The van der Waals surface area contributed by atoms with Crippen molar-refractivity contribution in [1.29, 1.82) is 0 Å². The third-order valence-corrected chi connectivity index (χ3v) is 2.77. The second-order valence-electron chi connectivity index (χ2n) is 3.90. The van der Waals surface area contributed by atoms with Crippen LogP contribution in [0.15, 0.2) is 30.9 Å². The van der Waals surface area contributed by atoms with Gasteiger partial charge >= 0.3 is 6.09 Å². The smallest absolute Gasteiger partial charge is 0.418 e. The maximum absolute atomic E-state index is 12.0. The summed E-state index contributed by atoms with van der Waals surface area (Å²) in [6, 6.07) is 3.89. The number of hydrogen-bond donors (Lipinski definition) is 2. The Bertz CT molecular complexity index is 522. The predicted octanol–water partition coefficient (Wildman–Crippen LogP) is 2.94. The van der Waals surface area contributed by atoms with Gasteiger partial charge in [-0.25, -0.2) is 9.69 Å². The molecule has 2 N–H and O–H groups in total. The minimum Gasteiger partial charge on any atom is -0.464 e. The Morgan fingerprint density at radius 1 is 1.32 bits per heavy atom. The lowest BCUT2D eigenvalue weighted by molar-refractivity contribution is -0.130. The van der Waals surface area contributed by atoms with Gasteiger partial charge < -0.3 is 10.2 Å². The zero-order valence-corrected chi connectivity index (χ0v) is 11.4. The van der Waals surface area contributed by atoms with Gasteiger partial charge in [0, 0.05) is 10.0 Å². The zero-order valence-electron chi connectivity index (χ0n) is 9.93. The lowest BCUT2D eigenvalue weighted by Gasteiger charge is -2.25. The number of benzene rings is 1. The van der Waals surface area contributed by atoms with Crippen LogP contribution < -0.4 is 4.90 Å². The summed E-state index contributed by atoms with van der Waals surface area (Å²) in [7, 11) is 0. The van der Waals surface area contributed by atoms with Crippen LogP contribution in [0.25, 0.3) is 0 Å². The van der Waals surface area contributed by atoms with Crippen LogP contribution in [-0.2, 0) is 4.79 Å². The third kappa shape index (κ3) is 3.47. The summed E-state index contributed by atoms with van der Waals surface area (Å²) in [6.07, 6.45) is -0.622. The summed E-state index contributed by atoms with van der Waals surface area (Å²) < 4.78 is 0. The monoisotopic (exact) mass is 303 g/mol. The van der Waals surface area contributed by atoms with E-state index in [2.05, 4.69) is 6.58 Å². The second kappa shape index (κ2) is 5.61. The number of nitrogens with zero attached hydrogens (tertiary/aromatic N) is 1. The Hall–Kier alpha value is -1.56. The maximum atomic E-state index is 12.0. The Morgan fingerprint density at radius 3 is 2.16 bits per heavy atom. The van der Waals surface area contributed by atoms with Crippen molar-refractivity contribution in [2.75, 3.05) is 4.90 Å². The molecule has 0 heterocycles. The highest BCUT2D eigenvalue weighted by Crippen LogP contribution is 2.27. The molecule has 1 aromatic rings. The molecule has 0 aliphatic heterocycles. The van der Waals surface area contributed by atoms with E-state index in [1.54, 1.807) is 0 Å². The van der Waals surface area contributed by atoms with Crippen LogP contribution in [0.3, 0.4) is 0 Å². The Morgan fingerprint density at radius 2 is 1.79 bits per heavy atom. The molecule has 0 radical (unpaired) electrons. The standard InChI is InChI=1S/C12H11Cl2NO4/c1-3-12(2,19)10(16)15(11(17)18)9-5-7(13)4-8(14)6-9/h3-6,19H,1H2,2H3,(H,17,18). The highest BCUT2D eigenvalue weighted by molar-refractivity contribution is 6.35. The molecule has 1 aromatic carbocycles. The van der Waals surface area contributed by atoms with E-state index in [1.807, 2.05) is 0 Å². The summed E-state index contributed by atoms with van der Waals surface area (Å²) in [5.41, 5.74) is -2.08. The first-order chi connectivity index (χ1) is 8.69. The van der Waals surface area contributed by atoms with Gasteiger partial charge in [-0.1, -0.05) is 35.9 Å². The minimum absolute atomic E-state index is 0.0582. The molecule has 0 saturated heterocycles. The average molecular weight is 304 g/mol. The van der Waals surface area contributed by atoms with E-state index in [0.717, 1.165) is 13.0 Å². The van der Waals surface area contributed by atoms with Crippen molar-refractivity contribution < 1.29 is 19.8 Å². The van der Waals surface area contributed by atoms with Crippen LogP contribution in [0, 0.1) is 0 Å². The van der Waals surface area contributed by atoms with E-state index >= 15 is 0 Å². The molecule has 1 rings (SSSR count). The first-order valence-electron chi connectivity index (χ1n) is 5.08. The Labute approximate surface area is 119 Å². The molecule has 5 nitrogen and oxygen atoms in total. The highest BCUT2D eigenvalue weighted by atomic mass is 35.5. The van der Waals surface area contributed by atoms with Crippen molar-refractivity contribution in [1.82, 2.24) is 0 Å². The second-order valence-corrected chi connectivity index (χ2v) is 4.78. The van der Waals surface area contributed by atoms with E-state index in [0.29, 0.717) is 4.90 Å². The normalized spacial score (nSPS) is 13.5. The minimum atomic E-state index is -2.02.